The second kappa shape index (κ2) is 9.27. The first-order valence-corrected chi connectivity index (χ1v) is 8.89. The normalized spacial score (nSPS) is 10.1. The van der Waals surface area contributed by atoms with E-state index in [-0.39, 0.29) is 11.8 Å². The molecular weight excluding hydrogens is 370 g/mol. The van der Waals surface area contributed by atoms with E-state index >= 15 is 0 Å². The molecule has 0 aliphatic carbocycles. The van der Waals surface area contributed by atoms with Crippen LogP contribution in [0.3, 0.4) is 0 Å². The fraction of sp³-hybridized carbons (Fsp3) is 0.0909. The lowest BCUT2D eigenvalue weighted by molar-refractivity contribution is -0.131. The maximum Gasteiger partial charge on any atom is 0.308 e. The van der Waals surface area contributed by atoms with Crippen molar-refractivity contribution in [3.8, 4) is 5.75 Å². The Morgan fingerprint density at radius 3 is 2.41 bits per heavy atom. The molecule has 0 radical (unpaired) electrons. The Balaban J connectivity index is 1.55. The van der Waals surface area contributed by atoms with Gasteiger partial charge in [0, 0.05) is 30.9 Å². The molecule has 146 valence electrons. The fourth-order valence-corrected chi connectivity index (χ4v) is 2.55. The SMILES string of the molecule is CC(=O)Oc1cccc(C(=O)NCc2ccc(NC(=O)c3ccccn3)cc2)c1. The number of carbonyl (C=O) groups is 3. The Bertz CT molecular complexity index is 1020. The van der Waals surface area contributed by atoms with Crippen molar-refractivity contribution in [3.05, 3.63) is 89.7 Å². The van der Waals surface area contributed by atoms with Gasteiger partial charge in [0.15, 0.2) is 0 Å². The first kappa shape index (κ1) is 19.8. The summed E-state index contributed by atoms with van der Waals surface area (Å²) in [5, 5.41) is 5.57. The molecule has 2 aromatic carbocycles. The van der Waals surface area contributed by atoms with Crippen LogP contribution in [-0.4, -0.2) is 22.8 Å². The van der Waals surface area contributed by atoms with Crippen LogP contribution >= 0.6 is 0 Å². The number of esters is 1. The van der Waals surface area contributed by atoms with Crippen molar-refractivity contribution in [2.45, 2.75) is 13.5 Å². The van der Waals surface area contributed by atoms with E-state index in [9.17, 15) is 14.4 Å². The smallest absolute Gasteiger partial charge is 0.308 e. The van der Waals surface area contributed by atoms with Gasteiger partial charge in [-0.1, -0.05) is 24.3 Å². The van der Waals surface area contributed by atoms with Gasteiger partial charge in [0.25, 0.3) is 11.8 Å². The molecule has 7 nitrogen and oxygen atoms in total. The minimum absolute atomic E-state index is 0.286. The van der Waals surface area contributed by atoms with E-state index in [1.165, 1.54) is 13.0 Å². The summed E-state index contributed by atoms with van der Waals surface area (Å²) in [5.74, 6) is -0.707. The number of amides is 2. The van der Waals surface area contributed by atoms with Gasteiger partial charge in [-0.25, -0.2) is 0 Å². The molecule has 29 heavy (non-hydrogen) atoms. The van der Waals surface area contributed by atoms with Crippen LogP contribution in [0.2, 0.25) is 0 Å². The number of anilines is 1. The van der Waals surface area contributed by atoms with E-state index in [1.54, 1.807) is 54.7 Å². The molecule has 3 rings (SSSR count). The van der Waals surface area contributed by atoms with Crippen molar-refractivity contribution in [2.75, 3.05) is 5.32 Å². The zero-order valence-electron chi connectivity index (χ0n) is 15.7. The molecule has 7 heteroatoms. The van der Waals surface area contributed by atoms with Crippen molar-refractivity contribution >= 4 is 23.5 Å². The number of carbonyl (C=O) groups excluding carboxylic acids is 3. The number of pyridine rings is 1. The summed E-state index contributed by atoms with van der Waals surface area (Å²) in [6.45, 7) is 1.61. The van der Waals surface area contributed by atoms with Crippen LogP contribution < -0.4 is 15.4 Å². The number of aromatic nitrogens is 1. The lowest BCUT2D eigenvalue weighted by atomic mass is 10.1. The fourth-order valence-electron chi connectivity index (χ4n) is 2.55. The van der Waals surface area contributed by atoms with E-state index in [2.05, 4.69) is 15.6 Å². The van der Waals surface area contributed by atoms with Crippen molar-refractivity contribution in [3.63, 3.8) is 0 Å². The molecule has 0 aliphatic heterocycles. The topological polar surface area (TPSA) is 97.4 Å². The van der Waals surface area contributed by atoms with Gasteiger partial charge >= 0.3 is 5.97 Å². The van der Waals surface area contributed by atoms with Gasteiger partial charge < -0.3 is 15.4 Å². The van der Waals surface area contributed by atoms with Crippen molar-refractivity contribution in [1.29, 1.82) is 0 Å². The number of ether oxygens (including phenoxy) is 1. The average Bonchev–Trinajstić information content (AvgIpc) is 2.73. The molecular formula is C22H19N3O4. The van der Waals surface area contributed by atoms with Crippen LogP contribution in [0.4, 0.5) is 5.69 Å². The molecule has 1 heterocycles. The maximum absolute atomic E-state index is 12.3. The first-order valence-electron chi connectivity index (χ1n) is 8.89. The van der Waals surface area contributed by atoms with Gasteiger partial charge in [0.1, 0.15) is 11.4 Å². The highest BCUT2D eigenvalue weighted by atomic mass is 16.5. The largest absolute Gasteiger partial charge is 0.427 e. The predicted octanol–water partition coefficient (Wildman–Crippen LogP) is 3.19. The van der Waals surface area contributed by atoms with Crippen LogP contribution in [0.1, 0.15) is 33.3 Å². The summed E-state index contributed by atoms with van der Waals surface area (Å²) < 4.78 is 4.99. The Hall–Kier alpha value is -4.00. The van der Waals surface area contributed by atoms with Crippen molar-refractivity contribution < 1.29 is 19.1 Å². The standard InChI is InChI=1S/C22H19N3O4/c1-15(26)29-19-6-4-5-17(13-19)21(27)24-14-16-8-10-18(11-9-16)25-22(28)20-7-2-3-12-23-20/h2-13H,14H2,1H3,(H,24,27)(H,25,28). The summed E-state index contributed by atoms with van der Waals surface area (Å²) in [7, 11) is 0. The van der Waals surface area contributed by atoms with E-state index in [0.29, 0.717) is 29.2 Å². The molecule has 0 spiro atoms. The Kier molecular flexibility index (Phi) is 6.32. The van der Waals surface area contributed by atoms with Crippen LogP contribution in [0, 0.1) is 0 Å². The van der Waals surface area contributed by atoms with Crippen molar-refractivity contribution in [1.82, 2.24) is 10.3 Å². The van der Waals surface area contributed by atoms with Crippen LogP contribution in [0.25, 0.3) is 0 Å². The molecule has 0 atom stereocenters. The van der Waals surface area contributed by atoms with Crippen LogP contribution in [-0.2, 0) is 11.3 Å². The highest BCUT2D eigenvalue weighted by Gasteiger charge is 2.09. The van der Waals surface area contributed by atoms with E-state index in [4.69, 9.17) is 4.74 Å². The summed E-state index contributed by atoms with van der Waals surface area (Å²) in [6, 6.07) is 18.6. The predicted molar refractivity (Wildman–Crippen MR) is 108 cm³/mol. The third-order valence-corrected chi connectivity index (χ3v) is 3.92. The summed E-state index contributed by atoms with van der Waals surface area (Å²) in [4.78, 5) is 39.4. The third-order valence-electron chi connectivity index (χ3n) is 3.92. The van der Waals surface area contributed by atoms with Gasteiger partial charge in [-0.15, -0.1) is 0 Å². The molecule has 2 N–H and O–H groups in total. The molecule has 3 aromatic rings. The number of rotatable bonds is 6. The van der Waals surface area contributed by atoms with E-state index < -0.39 is 5.97 Å². The maximum atomic E-state index is 12.3. The molecule has 0 saturated heterocycles. The summed E-state index contributed by atoms with van der Waals surface area (Å²) in [6.07, 6.45) is 1.56. The molecule has 0 aliphatic rings. The Morgan fingerprint density at radius 2 is 1.72 bits per heavy atom. The lowest BCUT2D eigenvalue weighted by Crippen LogP contribution is -2.22. The molecule has 0 saturated carbocycles. The highest BCUT2D eigenvalue weighted by molar-refractivity contribution is 6.02. The minimum Gasteiger partial charge on any atom is -0.427 e. The third kappa shape index (κ3) is 5.74. The Morgan fingerprint density at radius 1 is 0.931 bits per heavy atom. The minimum atomic E-state index is -0.446. The molecule has 2 amide bonds. The van der Waals surface area contributed by atoms with Gasteiger partial charge in [-0.05, 0) is 48.0 Å². The van der Waals surface area contributed by atoms with Gasteiger partial charge in [-0.3, -0.25) is 19.4 Å². The second-order valence-electron chi connectivity index (χ2n) is 6.17. The van der Waals surface area contributed by atoms with Gasteiger partial charge in [0.2, 0.25) is 0 Å². The van der Waals surface area contributed by atoms with Crippen molar-refractivity contribution in [2.24, 2.45) is 0 Å². The zero-order chi connectivity index (χ0) is 20.6. The number of nitrogens with zero attached hydrogens (tertiary/aromatic N) is 1. The monoisotopic (exact) mass is 389 g/mol. The molecule has 0 bridgehead atoms. The lowest BCUT2D eigenvalue weighted by Gasteiger charge is -2.08. The van der Waals surface area contributed by atoms with E-state index in [1.807, 2.05) is 12.1 Å². The summed E-state index contributed by atoms with van der Waals surface area (Å²) in [5.41, 5.74) is 2.22. The van der Waals surface area contributed by atoms with Crippen LogP contribution in [0.15, 0.2) is 72.9 Å². The van der Waals surface area contributed by atoms with E-state index in [0.717, 1.165) is 5.56 Å². The highest BCUT2D eigenvalue weighted by Crippen LogP contribution is 2.14. The number of benzene rings is 2. The van der Waals surface area contributed by atoms with Crippen LogP contribution in [0.5, 0.6) is 5.75 Å². The van der Waals surface area contributed by atoms with Gasteiger partial charge in [-0.2, -0.15) is 0 Å². The molecule has 0 fully saturated rings. The molecule has 0 unspecified atom stereocenters. The average molecular weight is 389 g/mol. The number of hydrogen-bond acceptors (Lipinski definition) is 5. The summed E-state index contributed by atoms with van der Waals surface area (Å²) >= 11 is 0. The van der Waals surface area contributed by atoms with Gasteiger partial charge in [0.05, 0.1) is 0 Å². The zero-order valence-corrected chi connectivity index (χ0v) is 15.7. The molecule has 1 aromatic heterocycles. The second-order valence-corrected chi connectivity index (χ2v) is 6.17. The first-order chi connectivity index (χ1) is 14.0. The number of hydrogen-bond donors (Lipinski definition) is 2. The quantitative estimate of drug-likeness (QED) is 0.498. The number of nitrogens with one attached hydrogen (secondary N) is 2. The Labute approximate surface area is 167 Å².